The molecule has 5 atom stereocenters. The lowest BCUT2D eigenvalue weighted by atomic mass is 9.85. The number of rotatable bonds is 7. The first-order chi connectivity index (χ1) is 14.1. The van der Waals surface area contributed by atoms with Crippen molar-refractivity contribution < 1.29 is 9.59 Å². The van der Waals surface area contributed by atoms with Crippen LogP contribution in [0.2, 0.25) is 0 Å². The number of hydrogen-bond acceptors (Lipinski definition) is 4. The molecule has 2 heterocycles. The van der Waals surface area contributed by atoms with Crippen LogP contribution in [0, 0.1) is 23.7 Å². The monoisotopic (exact) mass is 529 g/mol. The van der Waals surface area contributed by atoms with Gasteiger partial charge < -0.3 is 10.6 Å². The van der Waals surface area contributed by atoms with Gasteiger partial charge in [0.1, 0.15) is 0 Å². The zero-order valence-corrected chi connectivity index (χ0v) is 20.5. The van der Waals surface area contributed by atoms with Gasteiger partial charge >= 0.3 is 0 Å². The van der Waals surface area contributed by atoms with Gasteiger partial charge in [-0.05, 0) is 51.1 Å². The second kappa shape index (κ2) is 10.4. The molecule has 0 aromatic rings. The molecule has 7 nitrogen and oxygen atoms in total. The number of hydrogen-bond donors (Lipinski definition) is 2. The summed E-state index contributed by atoms with van der Waals surface area (Å²) in [4.78, 5) is 34.3. The third kappa shape index (κ3) is 4.54. The minimum atomic E-state index is -0.106. The van der Waals surface area contributed by atoms with Crippen LogP contribution in [0.25, 0.3) is 0 Å². The summed E-state index contributed by atoms with van der Waals surface area (Å²) in [5.74, 6) is 1.17. The van der Waals surface area contributed by atoms with Crippen LogP contribution in [-0.4, -0.2) is 72.9 Å². The molecule has 2 saturated heterocycles. The van der Waals surface area contributed by atoms with E-state index in [1.165, 1.54) is 30.7 Å². The van der Waals surface area contributed by atoms with Crippen molar-refractivity contribution in [3.63, 3.8) is 0 Å². The number of fused-ring (bicyclic) bond motifs is 5. The second-order valence-electron chi connectivity index (χ2n) is 8.75. The Morgan fingerprint density at radius 2 is 1.80 bits per heavy atom. The van der Waals surface area contributed by atoms with Crippen LogP contribution in [0.5, 0.6) is 0 Å². The largest absolute Gasteiger partial charge is 0.357 e. The molecule has 0 radical (unpaired) electrons. The molecule has 3 fully saturated rings. The fraction of sp³-hybridized carbons (Fsp3) is 0.773. The van der Waals surface area contributed by atoms with E-state index in [2.05, 4.69) is 34.6 Å². The summed E-state index contributed by atoms with van der Waals surface area (Å²) in [5, 5.41) is 6.61. The van der Waals surface area contributed by atoms with Gasteiger partial charge in [0.05, 0.1) is 18.4 Å². The van der Waals surface area contributed by atoms with Crippen molar-refractivity contribution in [3.8, 4) is 0 Å². The molecule has 8 heteroatoms. The summed E-state index contributed by atoms with van der Waals surface area (Å²) in [5.41, 5.74) is 0. The van der Waals surface area contributed by atoms with Gasteiger partial charge in [0.15, 0.2) is 5.96 Å². The number of aliphatic imine (C=N–C) groups is 1. The third-order valence-electron chi connectivity index (χ3n) is 7.15. The number of likely N-dealkylation sites (tertiary alicyclic amines) is 2. The Bertz CT molecular complexity index is 667. The van der Waals surface area contributed by atoms with Crippen molar-refractivity contribution in [2.75, 3.05) is 39.3 Å². The molecule has 0 aromatic heterocycles. The maximum atomic E-state index is 12.8. The topological polar surface area (TPSA) is 77.0 Å². The summed E-state index contributed by atoms with van der Waals surface area (Å²) in [6.07, 6.45) is 9.01. The molecule has 1 saturated carbocycles. The fourth-order valence-electron chi connectivity index (χ4n) is 5.69. The molecule has 2 aliphatic carbocycles. The van der Waals surface area contributed by atoms with Crippen LogP contribution in [0.15, 0.2) is 17.1 Å². The fourth-order valence-corrected chi connectivity index (χ4v) is 5.69. The number of amides is 2. The van der Waals surface area contributed by atoms with E-state index in [-0.39, 0.29) is 59.5 Å². The van der Waals surface area contributed by atoms with Crippen LogP contribution < -0.4 is 10.6 Å². The number of halogens is 1. The summed E-state index contributed by atoms with van der Waals surface area (Å²) in [6.45, 7) is 9.02. The maximum Gasteiger partial charge on any atom is 0.233 e. The smallest absolute Gasteiger partial charge is 0.233 e. The minimum Gasteiger partial charge on any atom is -0.357 e. The van der Waals surface area contributed by atoms with E-state index in [0.717, 1.165) is 32.0 Å². The molecule has 168 valence electrons. The van der Waals surface area contributed by atoms with Gasteiger partial charge in [-0.2, -0.15) is 0 Å². The van der Waals surface area contributed by atoms with Crippen molar-refractivity contribution >= 4 is 41.8 Å². The molecule has 2 amide bonds. The van der Waals surface area contributed by atoms with Crippen molar-refractivity contribution in [2.45, 2.75) is 45.6 Å². The van der Waals surface area contributed by atoms with E-state index in [9.17, 15) is 9.59 Å². The first kappa shape index (κ1) is 23.5. The van der Waals surface area contributed by atoms with E-state index in [1.807, 2.05) is 6.92 Å². The van der Waals surface area contributed by atoms with Gasteiger partial charge in [-0.25, -0.2) is 0 Å². The van der Waals surface area contributed by atoms with E-state index >= 15 is 0 Å². The number of allylic oxidation sites excluding steroid dienone is 2. The zero-order chi connectivity index (χ0) is 20.4. The highest BCUT2D eigenvalue weighted by molar-refractivity contribution is 14.0. The van der Waals surface area contributed by atoms with E-state index in [4.69, 9.17) is 4.99 Å². The molecular weight excluding hydrogens is 493 g/mol. The Morgan fingerprint density at radius 3 is 2.43 bits per heavy atom. The molecule has 0 aromatic carbocycles. The highest BCUT2D eigenvalue weighted by atomic mass is 127. The van der Waals surface area contributed by atoms with Crippen LogP contribution >= 0.6 is 24.0 Å². The third-order valence-corrected chi connectivity index (χ3v) is 7.15. The summed E-state index contributed by atoms with van der Waals surface area (Å²) >= 11 is 0. The highest BCUT2D eigenvalue weighted by Crippen LogP contribution is 2.52. The second-order valence-corrected chi connectivity index (χ2v) is 8.75. The lowest BCUT2D eigenvalue weighted by Gasteiger charge is -2.34. The predicted molar refractivity (Wildman–Crippen MR) is 129 cm³/mol. The van der Waals surface area contributed by atoms with Gasteiger partial charge in [0.2, 0.25) is 11.8 Å². The molecule has 2 bridgehead atoms. The zero-order valence-electron chi connectivity index (χ0n) is 18.2. The Hall–Kier alpha value is -1.16. The number of piperidine rings is 1. The molecule has 4 rings (SSSR count). The first-order valence-corrected chi connectivity index (χ1v) is 11.4. The minimum absolute atomic E-state index is 0. The van der Waals surface area contributed by atoms with Crippen LogP contribution in [-0.2, 0) is 9.59 Å². The Morgan fingerprint density at radius 1 is 1.10 bits per heavy atom. The number of likely N-dealkylation sites (N-methyl/N-ethyl adjacent to an activating group) is 1. The summed E-state index contributed by atoms with van der Waals surface area (Å²) < 4.78 is 0. The lowest BCUT2D eigenvalue weighted by molar-refractivity contribution is -0.140. The SMILES string of the molecule is CCNC(=NCC1CCCCN1CC)NCCN1C(=O)C2C3C=CC(C3)C2C1=O.I. The van der Waals surface area contributed by atoms with E-state index in [1.54, 1.807) is 0 Å². The van der Waals surface area contributed by atoms with Crippen molar-refractivity contribution in [3.05, 3.63) is 12.2 Å². The van der Waals surface area contributed by atoms with Crippen molar-refractivity contribution in [1.82, 2.24) is 20.4 Å². The number of guanidine groups is 1. The van der Waals surface area contributed by atoms with Gasteiger partial charge in [0.25, 0.3) is 0 Å². The van der Waals surface area contributed by atoms with Crippen molar-refractivity contribution in [1.29, 1.82) is 0 Å². The average Bonchev–Trinajstić information content (AvgIpc) is 3.41. The standard InChI is InChI=1S/C22H35N5O2.HI/c1-3-23-22(25-14-17-7-5-6-11-26(17)4-2)24-10-12-27-20(28)18-15-8-9-16(13-15)19(18)21(27)29;/h8-9,15-19H,3-7,10-14H2,1-2H3,(H2,23,24,25);1H. The molecule has 2 aliphatic heterocycles. The molecule has 2 N–H and O–H groups in total. The first-order valence-electron chi connectivity index (χ1n) is 11.4. The normalized spacial score (nSPS) is 33.1. The Labute approximate surface area is 197 Å². The lowest BCUT2D eigenvalue weighted by Crippen LogP contribution is -2.45. The van der Waals surface area contributed by atoms with Gasteiger partial charge in [-0.15, -0.1) is 24.0 Å². The maximum absolute atomic E-state index is 12.8. The number of carbonyl (C=O) groups is 2. The number of imide groups is 1. The quantitative estimate of drug-likeness (QED) is 0.173. The van der Waals surface area contributed by atoms with Crippen LogP contribution in [0.3, 0.4) is 0 Å². The molecule has 0 spiro atoms. The van der Waals surface area contributed by atoms with Crippen molar-refractivity contribution in [2.24, 2.45) is 28.7 Å². The van der Waals surface area contributed by atoms with Gasteiger partial charge in [0, 0.05) is 25.7 Å². The predicted octanol–water partition coefficient (Wildman–Crippen LogP) is 1.84. The number of carbonyl (C=O) groups excluding carboxylic acids is 2. The van der Waals surface area contributed by atoms with Gasteiger partial charge in [-0.3, -0.25) is 24.4 Å². The average molecular weight is 529 g/mol. The van der Waals surface area contributed by atoms with Crippen LogP contribution in [0.1, 0.15) is 39.5 Å². The molecule has 4 aliphatic rings. The van der Waals surface area contributed by atoms with Crippen LogP contribution in [0.4, 0.5) is 0 Å². The molecule has 30 heavy (non-hydrogen) atoms. The number of nitrogens with zero attached hydrogens (tertiary/aromatic N) is 3. The molecular formula is C22H36IN5O2. The van der Waals surface area contributed by atoms with E-state index < -0.39 is 0 Å². The molecule has 5 unspecified atom stereocenters. The highest BCUT2D eigenvalue weighted by Gasteiger charge is 2.58. The van der Waals surface area contributed by atoms with Gasteiger partial charge in [-0.1, -0.05) is 25.5 Å². The summed E-state index contributed by atoms with van der Waals surface area (Å²) in [6, 6.07) is 0.508. The van der Waals surface area contributed by atoms with E-state index in [0.29, 0.717) is 19.1 Å². The Kier molecular flexibility index (Phi) is 8.17. The summed E-state index contributed by atoms with van der Waals surface area (Å²) in [7, 11) is 0. The Balaban J connectivity index is 0.00000256. The number of nitrogens with one attached hydrogen (secondary N) is 2.